The molecule has 0 unspecified atom stereocenters. The molecule has 0 aliphatic carbocycles. The molecular formula is C5H6BrClN2. The Hall–Kier alpha value is -0.0200. The molecule has 0 radical (unpaired) electrons. The van der Waals surface area contributed by atoms with Gasteiger partial charge < -0.3 is 4.57 Å². The van der Waals surface area contributed by atoms with E-state index in [1.807, 2.05) is 11.6 Å². The second kappa shape index (κ2) is 2.71. The zero-order chi connectivity index (χ0) is 6.85. The lowest BCUT2D eigenvalue weighted by molar-refractivity contribution is 0.870. The van der Waals surface area contributed by atoms with Gasteiger partial charge in [-0.05, 0) is 11.6 Å². The molecule has 1 aromatic heterocycles. The number of rotatable bonds is 1. The van der Waals surface area contributed by atoms with E-state index >= 15 is 0 Å². The van der Waals surface area contributed by atoms with Crippen LogP contribution in [0.25, 0.3) is 0 Å². The van der Waals surface area contributed by atoms with Crippen LogP contribution in [-0.2, 0) is 12.4 Å². The molecule has 4 heteroatoms. The first-order valence-electron chi connectivity index (χ1n) is 2.47. The zero-order valence-electron chi connectivity index (χ0n) is 4.93. The third kappa shape index (κ3) is 1.27. The fourth-order valence-corrected chi connectivity index (χ4v) is 1.22. The van der Waals surface area contributed by atoms with Crippen LogP contribution in [0.2, 0.25) is 5.28 Å². The van der Waals surface area contributed by atoms with Gasteiger partial charge in [0.05, 0.1) is 6.20 Å². The Labute approximate surface area is 67.0 Å². The second-order valence-electron chi connectivity index (χ2n) is 1.71. The van der Waals surface area contributed by atoms with Gasteiger partial charge in [0.25, 0.3) is 0 Å². The molecule has 9 heavy (non-hydrogen) atoms. The first kappa shape index (κ1) is 7.09. The van der Waals surface area contributed by atoms with Crippen molar-refractivity contribution in [2.45, 2.75) is 5.33 Å². The highest BCUT2D eigenvalue weighted by atomic mass is 79.9. The number of nitrogens with zero attached hydrogens (tertiary/aromatic N) is 2. The van der Waals surface area contributed by atoms with Gasteiger partial charge in [0.1, 0.15) is 0 Å². The highest BCUT2D eigenvalue weighted by Crippen LogP contribution is 2.10. The number of hydrogen-bond acceptors (Lipinski definition) is 1. The maximum Gasteiger partial charge on any atom is 0.202 e. The minimum atomic E-state index is 0.532. The van der Waals surface area contributed by atoms with Crippen LogP contribution in [0.5, 0.6) is 0 Å². The van der Waals surface area contributed by atoms with Crippen molar-refractivity contribution in [3.05, 3.63) is 17.2 Å². The van der Waals surface area contributed by atoms with Crippen LogP contribution in [0.3, 0.4) is 0 Å². The van der Waals surface area contributed by atoms with Gasteiger partial charge in [-0.1, -0.05) is 15.9 Å². The molecule has 0 fully saturated rings. The van der Waals surface area contributed by atoms with Crippen molar-refractivity contribution in [1.29, 1.82) is 0 Å². The quantitative estimate of drug-likeness (QED) is 0.647. The molecule has 0 N–H and O–H groups in total. The molecule has 2 nitrogen and oxygen atoms in total. The SMILES string of the molecule is Cn1c(CBr)cnc1Cl. The van der Waals surface area contributed by atoms with Gasteiger partial charge in [0.15, 0.2) is 0 Å². The number of alkyl halides is 1. The summed E-state index contributed by atoms with van der Waals surface area (Å²) in [5, 5.41) is 1.33. The molecule has 0 amide bonds. The third-order valence-electron chi connectivity index (χ3n) is 1.16. The summed E-state index contributed by atoms with van der Waals surface area (Å²) >= 11 is 8.94. The fourth-order valence-electron chi connectivity index (χ4n) is 0.544. The summed E-state index contributed by atoms with van der Waals surface area (Å²) in [6, 6.07) is 0. The lowest BCUT2D eigenvalue weighted by Crippen LogP contribution is -1.91. The van der Waals surface area contributed by atoms with Crippen molar-refractivity contribution in [3.63, 3.8) is 0 Å². The van der Waals surface area contributed by atoms with Crippen LogP contribution >= 0.6 is 27.5 Å². The Morgan fingerprint density at radius 2 is 2.56 bits per heavy atom. The number of aromatic nitrogens is 2. The van der Waals surface area contributed by atoms with Gasteiger partial charge in [-0.15, -0.1) is 0 Å². The third-order valence-corrected chi connectivity index (χ3v) is 2.09. The maximum atomic E-state index is 5.64. The minimum absolute atomic E-state index is 0.532. The molecule has 0 spiro atoms. The number of imidazole rings is 1. The summed E-state index contributed by atoms with van der Waals surface area (Å²) in [5.41, 5.74) is 1.08. The Bertz CT molecular complexity index is 209. The van der Waals surface area contributed by atoms with Crippen molar-refractivity contribution >= 4 is 27.5 Å². The van der Waals surface area contributed by atoms with E-state index in [-0.39, 0.29) is 0 Å². The van der Waals surface area contributed by atoms with E-state index in [2.05, 4.69) is 20.9 Å². The van der Waals surface area contributed by atoms with Gasteiger partial charge in [-0.25, -0.2) is 4.98 Å². The molecule has 0 aliphatic heterocycles. The molecule has 0 saturated heterocycles. The first-order chi connectivity index (χ1) is 4.25. The van der Waals surface area contributed by atoms with E-state index in [1.165, 1.54) is 0 Å². The Morgan fingerprint density at radius 1 is 1.89 bits per heavy atom. The molecule has 0 atom stereocenters. The van der Waals surface area contributed by atoms with E-state index in [0.717, 1.165) is 11.0 Å². The lowest BCUT2D eigenvalue weighted by Gasteiger charge is -1.95. The highest BCUT2D eigenvalue weighted by Gasteiger charge is 1.99. The summed E-state index contributed by atoms with van der Waals surface area (Å²) in [6.07, 6.45) is 1.75. The maximum absolute atomic E-state index is 5.64. The molecule has 1 rings (SSSR count). The number of halogens is 2. The Balaban J connectivity index is 3.04. The van der Waals surface area contributed by atoms with Crippen LogP contribution in [0.1, 0.15) is 5.69 Å². The second-order valence-corrected chi connectivity index (χ2v) is 2.61. The molecule has 50 valence electrons. The lowest BCUT2D eigenvalue weighted by atomic mass is 10.5. The summed E-state index contributed by atoms with van der Waals surface area (Å²) in [7, 11) is 1.88. The van der Waals surface area contributed by atoms with Crippen molar-refractivity contribution in [1.82, 2.24) is 9.55 Å². The summed E-state index contributed by atoms with van der Waals surface area (Å²) in [5.74, 6) is 0. The van der Waals surface area contributed by atoms with Crippen LogP contribution in [0, 0.1) is 0 Å². The van der Waals surface area contributed by atoms with E-state index in [9.17, 15) is 0 Å². The van der Waals surface area contributed by atoms with E-state index in [0.29, 0.717) is 5.28 Å². The topological polar surface area (TPSA) is 17.8 Å². The summed E-state index contributed by atoms with van der Waals surface area (Å²) in [4.78, 5) is 3.89. The van der Waals surface area contributed by atoms with E-state index < -0.39 is 0 Å². The van der Waals surface area contributed by atoms with Crippen LogP contribution in [0.4, 0.5) is 0 Å². The van der Waals surface area contributed by atoms with Crippen molar-refractivity contribution in [3.8, 4) is 0 Å². The van der Waals surface area contributed by atoms with Gasteiger partial charge in [-0.3, -0.25) is 0 Å². The van der Waals surface area contributed by atoms with Gasteiger partial charge in [0.2, 0.25) is 5.28 Å². The van der Waals surface area contributed by atoms with Crippen LogP contribution in [-0.4, -0.2) is 9.55 Å². The molecule has 0 bridgehead atoms. The molecule has 0 aromatic carbocycles. The van der Waals surface area contributed by atoms with Gasteiger partial charge in [-0.2, -0.15) is 0 Å². The van der Waals surface area contributed by atoms with Crippen molar-refractivity contribution < 1.29 is 0 Å². The average molecular weight is 209 g/mol. The summed E-state index contributed by atoms with van der Waals surface area (Å²) < 4.78 is 1.83. The van der Waals surface area contributed by atoms with Crippen LogP contribution in [0.15, 0.2) is 6.20 Å². The smallest absolute Gasteiger partial charge is 0.202 e. The van der Waals surface area contributed by atoms with Crippen molar-refractivity contribution in [2.75, 3.05) is 0 Å². The predicted octanol–water partition coefficient (Wildman–Crippen LogP) is 1.97. The highest BCUT2D eigenvalue weighted by molar-refractivity contribution is 9.08. The molecule has 0 aliphatic rings. The average Bonchev–Trinajstić information content (AvgIpc) is 2.15. The van der Waals surface area contributed by atoms with E-state index in [1.54, 1.807) is 6.20 Å². The molecule has 0 saturated carbocycles. The largest absolute Gasteiger partial charge is 0.321 e. The predicted molar refractivity (Wildman–Crippen MR) is 40.8 cm³/mol. The van der Waals surface area contributed by atoms with Crippen LogP contribution < -0.4 is 0 Å². The molecule has 1 heterocycles. The first-order valence-corrected chi connectivity index (χ1v) is 3.97. The van der Waals surface area contributed by atoms with Crippen molar-refractivity contribution in [2.24, 2.45) is 7.05 Å². The Kier molecular flexibility index (Phi) is 2.13. The van der Waals surface area contributed by atoms with Gasteiger partial charge in [0, 0.05) is 18.1 Å². The minimum Gasteiger partial charge on any atom is -0.321 e. The molecule has 1 aromatic rings. The fraction of sp³-hybridized carbons (Fsp3) is 0.400. The summed E-state index contributed by atoms with van der Waals surface area (Å²) in [6.45, 7) is 0. The van der Waals surface area contributed by atoms with Gasteiger partial charge >= 0.3 is 0 Å². The Morgan fingerprint density at radius 3 is 2.78 bits per heavy atom. The standard InChI is InChI=1S/C5H6BrClN2/c1-9-4(2-6)3-8-5(9)7/h3H,2H2,1H3. The zero-order valence-corrected chi connectivity index (χ0v) is 7.28. The number of hydrogen-bond donors (Lipinski definition) is 0. The molecular weight excluding hydrogens is 203 g/mol. The monoisotopic (exact) mass is 208 g/mol. The van der Waals surface area contributed by atoms with E-state index in [4.69, 9.17) is 11.6 Å². The normalized spacial score (nSPS) is 10.1.